The Morgan fingerprint density at radius 1 is 1.33 bits per heavy atom. The van der Waals surface area contributed by atoms with Crippen LogP contribution >= 0.6 is 11.8 Å². The molecule has 1 atom stereocenters. The normalized spacial score (nSPS) is 21.3. The minimum atomic E-state index is 0.613. The van der Waals surface area contributed by atoms with E-state index in [9.17, 15) is 0 Å². The first-order chi connectivity index (χ1) is 8.90. The summed E-state index contributed by atoms with van der Waals surface area (Å²) in [6, 6.07) is 8.82. The highest BCUT2D eigenvalue weighted by Gasteiger charge is 2.29. The van der Waals surface area contributed by atoms with Crippen LogP contribution in [0.1, 0.15) is 26.2 Å². The predicted octanol–water partition coefficient (Wildman–Crippen LogP) is 4.61. The summed E-state index contributed by atoms with van der Waals surface area (Å²) in [5.41, 5.74) is 2.89. The fraction of sp³-hybridized carbons (Fsp3) is 0.375. The molecule has 1 aliphatic carbocycles. The van der Waals surface area contributed by atoms with E-state index in [1.807, 2.05) is 11.8 Å². The Labute approximate surface area is 114 Å². The molecule has 1 aromatic carbocycles. The number of benzene rings is 1. The summed E-state index contributed by atoms with van der Waals surface area (Å²) in [4.78, 5) is 3.97. The third-order valence-corrected chi connectivity index (χ3v) is 4.87. The van der Waals surface area contributed by atoms with Gasteiger partial charge in [-0.3, -0.25) is 0 Å². The highest BCUT2D eigenvalue weighted by molar-refractivity contribution is 8.00. The maximum atomic E-state index is 2.53. The Hall–Kier alpha value is -1.15. The minimum Gasteiger partial charge on any atom is -0.343 e. The number of anilines is 1. The van der Waals surface area contributed by atoms with Gasteiger partial charge >= 0.3 is 0 Å². The lowest BCUT2D eigenvalue weighted by atomic mass is 10.1. The number of para-hydroxylation sites is 1. The van der Waals surface area contributed by atoms with Gasteiger partial charge in [0.15, 0.2) is 0 Å². The lowest BCUT2D eigenvalue weighted by Gasteiger charge is -2.39. The summed E-state index contributed by atoms with van der Waals surface area (Å²) >= 11 is 2.02. The summed E-state index contributed by atoms with van der Waals surface area (Å²) in [5, 5.41) is 0.613. The van der Waals surface area contributed by atoms with Gasteiger partial charge in [-0.2, -0.15) is 0 Å². The first-order valence-corrected chi connectivity index (χ1v) is 7.68. The first-order valence-electron chi connectivity index (χ1n) is 6.80. The molecule has 1 heterocycles. The molecule has 0 bridgehead atoms. The van der Waals surface area contributed by atoms with Crippen LogP contribution in [-0.2, 0) is 0 Å². The van der Waals surface area contributed by atoms with Crippen molar-refractivity contribution in [3.63, 3.8) is 0 Å². The van der Waals surface area contributed by atoms with Crippen LogP contribution in [0.5, 0.6) is 0 Å². The molecule has 3 rings (SSSR count). The van der Waals surface area contributed by atoms with Crippen LogP contribution in [0, 0.1) is 0 Å². The number of allylic oxidation sites excluding steroid dienone is 3. The Bertz CT molecular complexity index is 490. The zero-order chi connectivity index (χ0) is 12.4. The number of unbranched alkanes of at least 4 members (excludes halogenated alkanes) is 1. The molecule has 1 unspecified atom stereocenters. The quantitative estimate of drug-likeness (QED) is 0.778. The summed E-state index contributed by atoms with van der Waals surface area (Å²) < 4.78 is 0. The molecule has 1 nitrogen and oxygen atoms in total. The second kappa shape index (κ2) is 5.23. The zero-order valence-corrected chi connectivity index (χ0v) is 11.6. The molecule has 2 aliphatic rings. The molecule has 0 fully saturated rings. The summed E-state index contributed by atoms with van der Waals surface area (Å²) in [5.74, 6) is 0. The fourth-order valence-corrected chi connectivity index (χ4v) is 3.90. The Kier molecular flexibility index (Phi) is 3.46. The molecule has 0 spiro atoms. The number of thioether (sulfide) groups is 1. The monoisotopic (exact) mass is 257 g/mol. The van der Waals surface area contributed by atoms with Gasteiger partial charge < -0.3 is 4.90 Å². The molecule has 0 aromatic heterocycles. The molecule has 0 saturated carbocycles. The predicted molar refractivity (Wildman–Crippen MR) is 80.2 cm³/mol. The topological polar surface area (TPSA) is 3.24 Å². The standard InChI is InChI=1S/C16H19NS/c1-2-3-12-17-13-8-4-6-10-15(13)18-16-11-7-5-9-14(16)17/h4-10,16H,2-3,11-12H2,1H3. The lowest BCUT2D eigenvalue weighted by molar-refractivity contribution is 0.735. The van der Waals surface area contributed by atoms with Crippen LogP contribution in [0.3, 0.4) is 0 Å². The van der Waals surface area contributed by atoms with Crippen molar-refractivity contribution in [1.82, 2.24) is 0 Å². The third-order valence-electron chi connectivity index (χ3n) is 3.56. The van der Waals surface area contributed by atoms with Gasteiger partial charge in [-0.05, 0) is 31.1 Å². The first kappa shape index (κ1) is 11.9. The summed E-state index contributed by atoms with van der Waals surface area (Å²) in [6.45, 7) is 3.40. The highest BCUT2D eigenvalue weighted by Crippen LogP contribution is 2.45. The Morgan fingerprint density at radius 2 is 2.22 bits per heavy atom. The van der Waals surface area contributed by atoms with Crippen LogP contribution in [0.25, 0.3) is 0 Å². The van der Waals surface area contributed by atoms with Gasteiger partial charge in [0.2, 0.25) is 0 Å². The SMILES string of the molecule is CCCCN1C2=CC=CCC2Sc2ccccc21. The molecular formula is C16H19NS. The van der Waals surface area contributed by atoms with Crippen molar-refractivity contribution in [2.24, 2.45) is 0 Å². The van der Waals surface area contributed by atoms with E-state index < -0.39 is 0 Å². The van der Waals surface area contributed by atoms with E-state index in [1.54, 1.807) is 0 Å². The molecular weight excluding hydrogens is 238 g/mol. The van der Waals surface area contributed by atoms with E-state index in [0.717, 1.165) is 13.0 Å². The second-order valence-corrected chi connectivity index (χ2v) is 6.08. The van der Waals surface area contributed by atoms with E-state index in [4.69, 9.17) is 0 Å². The van der Waals surface area contributed by atoms with Crippen molar-refractivity contribution in [1.29, 1.82) is 0 Å². The van der Waals surface area contributed by atoms with Crippen molar-refractivity contribution < 1.29 is 0 Å². The molecule has 0 radical (unpaired) electrons. The Morgan fingerprint density at radius 3 is 3.11 bits per heavy atom. The number of nitrogens with zero attached hydrogens (tertiary/aromatic N) is 1. The average Bonchev–Trinajstić information content (AvgIpc) is 2.43. The number of rotatable bonds is 3. The number of hydrogen-bond acceptors (Lipinski definition) is 2. The largest absolute Gasteiger partial charge is 0.343 e. The van der Waals surface area contributed by atoms with Crippen LogP contribution in [0.4, 0.5) is 5.69 Å². The van der Waals surface area contributed by atoms with Gasteiger partial charge in [0.1, 0.15) is 0 Å². The zero-order valence-electron chi connectivity index (χ0n) is 10.8. The molecule has 2 heteroatoms. The lowest BCUT2D eigenvalue weighted by Crippen LogP contribution is -2.33. The molecule has 0 amide bonds. The van der Waals surface area contributed by atoms with Crippen LogP contribution in [0.15, 0.2) is 53.1 Å². The van der Waals surface area contributed by atoms with E-state index in [1.165, 1.54) is 29.1 Å². The van der Waals surface area contributed by atoms with Crippen molar-refractivity contribution >= 4 is 17.4 Å². The van der Waals surface area contributed by atoms with E-state index in [0.29, 0.717) is 5.25 Å². The number of fused-ring (bicyclic) bond motifs is 2. The van der Waals surface area contributed by atoms with Gasteiger partial charge in [0.05, 0.1) is 10.9 Å². The third kappa shape index (κ3) is 2.10. The summed E-state index contributed by atoms with van der Waals surface area (Å²) in [7, 11) is 0. The molecule has 18 heavy (non-hydrogen) atoms. The average molecular weight is 257 g/mol. The molecule has 0 N–H and O–H groups in total. The minimum absolute atomic E-state index is 0.613. The molecule has 1 aromatic rings. The fourth-order valence-electron chi connectivity index (χ4n) is 2.61. The van der Waals surface area contributed by atoms with E-state index in [-0.39, 0.29) is 0 Å². The van der Waals surface area contributed by atoms with E-state index in [2.05, 4.69) is 54.3 Å². The van der Waals surface area contributed by atoms with Crippen LogP contribution in [-0.4, -0.2) is 11.8 Å². The highest BCUT2D eigenvalue weighted by atomic mass is 32.2. The van der Waals surface area contributed by atoms with Gasteiger partial charge in [-0.1, -0.05) is 37.6 Å². The van der Waals surface area contributed by atoms with Gasteiger partial charge in [-0.15, -0.1) is 11.8 Å². The van der Waals surface area contributed by atoms with Crippen molar-refractivity contribution in [2.45, 2.75) is 36.3 Å². The Balaban J connectivity index is 1.99. The molecule has 1 aliphatic heterocycles. The molecule has 94 valence electrons. The molecule has 0 saturated heterocycles. The number of hydrogen-bond donors (Lipinski definition) is 0. The van der Waals surface area contributed by atoms with Gasteiger partial charge in [0.25, 0.3) is 0 Å². The van der Waals surface area contributed by atoms with Gasteiger partial charge in [0, 0.05) is 17.1 Å². The maximum Gasteiger partial charge on any atom is 0.0546 e. The van der Waals surface area contributed by atoms with Crippen LogP contribution < -0.4 is 4.90 Å². The van der Waals surface area contributed by atoms with Gasteiger partial charge in [-0.25, -0.2) is 0 Å². The summed E-state index contributed by atoms with van der Waals surface area (Å²) in [6.07, 6.45) is 10.5. The smallest absolute Gasteiger partial charge is 0.0546 e. The maximum absolute atomic E-state index is 2.53. The second-order valence-electron chi connectivity index (χ2n) is 4.83. The van der Waals surface area contributed by atoms with Crippen LogP contribution in [0.2, 0.25) is 0 Å². The van der Waals surface area contributed by atoms with E-state index >= 15 is 0 Å². The van der Waals surface area contributed by atoms with Crippen molar-refractivity contribution in [3.05, 3.63) is 48.2 Å². The van der Waals surface area contributed by atoms with Crippen molar-refractivity contribution in [3.8, 4) is 0 Å². The van der Waals surface area contributed by atoms with Crippen molar-refractivity contribution in [2.75, 3.05) is 11.4 Å².